The molecule has 1 aliphatic rings. The number of hydrogen-bond acceptors (Lipinski definition) is 4. The SMILES string of the molecule is Cc1cc(Cl)nc(N2CCCC(O)C2)n1. The lowest BCUT2D eigenvalue weighted by Crippen LogP contribution is -2.39. The molecule has 0 amide bonds. The average molecular weight is 228 g/mol. The van der Waals surface area contributed by atoms with Crippen molar-refractivity contribution in [1.29, 1.82) is 0 Å². The Bertz CT molecular complexity index is 338. The van der Waals surface area contributed by atoms with Gasteiger partial charge in [-0.05, 0) is 25.8 Å². The second-order valence-corrected chi connectivity index (χ2v) is 4.26. The molecule has 0 aliphatic carbocycles. The van der Waals surface area contributed by atoms with E-state index < -0.39 is 0 Å². The molecule has 1 aromatic heterocycles. The van der Waals surface area contributed by atoms with Crippen LogP contribution in [0, 0.1) is 6.92 Å². The van der Waals surface area contributed by atoms with Crippen LogP contribution in [-0.2, 0) is 0 Å². The third-order valence-corrected chi connectivity index (χ3v) is 2.68. The number of hydrogen-bond donors (Lipinski definition) is 1. The fourth-order valence-corrected chi connectivity index (χ4v) is 2.03. The van der Waals surface area contributed by atoms with Crippen LogP contribution in [-0.4, -0.2) is 34.3 Å². The zero-order valence-electron chi connectivity index (χ0n) is 8.65. The van der Waals surface area contributed by atoms with Gasteiger partial charge in [-0.2, -0.15) is 0 Å². The lowest BCUT2D eigenvalue weighted by atomic mass is 10.1. The van der Waals surface area contributed by atoms with E-state index in [0.29, 0.717) is 17.6 Å². The molecule has 1 aliphatic heterocycles. The Morgan fingerprint density at radius 2 is 2.33 bits per heavy atom. The molecule has 0 bridgehead atoms. The van der Waals surface area contributed by atoms with Crippen LogP contribution in [0.1, 0.15) is 18.5 Å². The summed E-state index contributed by atoms with van der Waals surface area (Å²) in [6, 6.07) is 1.73. The molecule has 1 unspecified atom stereocenters. The number of β-amino-alcohol motifs (C(OH)–C–C–N with tert-alkyl or cyclic N) is 1. The minimum Gasteiger partial charge on any atom is -0.391 e. The zero-order valence-corrected chi connectivity index (χ0v) is 9.41. The first-order valence-electron chi connectivity index (χ1n) is 5.09. The molecular formula is C10H14ClN3O. The predicted octanol–water partition coefficient (Wildman–Crippen LogP) is 1.40. The van der Waals surface area contributed by atoms with Gasteiger partial charge < -0.3 is 10.0 Å². The van der Waals surface area contributed by atoms with Gasteiger partial charge in [0.15, 0.2) is 0 Å². The number of anilines is 1. The molecule has 1 saturated heterocycles. The number of piperidine rings is 1. The van der Waals surface area contributed by atoms with Gasteiger partial charge in [0.1, 0.15) is 5.15 Å². The van der Waals surface area contributed by atoms with E-state index in [0.717, 1.165) is 25.1 Å². The van der Waals surface area contributed by atoms with Gasteiger partial charge in [0.05, 0.1) is 6.10 Å². The van der Waals surface area contributed by atoms with Gasteiger partial charge in [-0.15, -0.1) is 0 Å². The highest BCUT2D eigenvalue weighted by Gasteiger charge is 2.20. The normalized spacial score (nSPS) is 21.8. The standard InChI is InChI=1S/C10H14ClN3O/c1-7-5-9(11)13-10(12-7)14-4-2-3-8(15)6-14/h5,8,15H,2-4,6H2,1H3. The Kier molecular flexibility index (Phi) is 3.07. The van der Waals surface area contributed by atoms with Crippen molar-refractivity contribution < 1.29 is 5.11 Å². The summed E-state index contributed by atoms with van der Waals surface area (Å²) < 4.78 is 0. The van der Waals surface area contributed by atoms with Gasteiger partial charge in [-0.1, -0.05) is 11.6 Å². The molecule has 0 spiro atoms. The largest absolute Gasteiger partial charge is 0.391 e. The van der Waals surface area contributed by atoms with Crippen LogP contribution >= 0.6 is 11.6 Å². The number of halogens is 1. The van der Waals surface area contributed by atoms with Gasteiger partial charge in [0.25, 0.3) is 0 Å². The fourth-order valence-electron chi connectivity index (χ4n) is 1.79. The van der Waals surface area contributed by atoms with Crippen molar-refractivity contribution in [2.24, 2.45) is 0 Å². The molecule has 1 aromatic rings. The smallest absolute Gasteiger partial charge is 0.227 e. The number of aliphatic hydroxyl groups is 1. The number of aromatic nitrogens is 2. The maximum atomic E-state index is 9.55. The van der Waals surface area contributed by atoms with Crippen LogP contribution in [0.15, 0.2) is 6.07 Å². The summed E-state index contributed by atoms with van der Waals surface area (Å²) in [5, 5.41) is 10.0. The summed E-state index contributed by atoms with van der Waals surface area (Å²) in [6.07, 6.45) is 1.55. The summed E-state index contributed by atoms with van der Waals surface area (Å²) in [7, 11) is 0. The topological polar surface area (TPSA) is 49.2 Å². The van der Waals surface area contributed by atoms with Crippen molar-refractivity contribution in [3.8, 4) is 0 Å². The van der Waals surface area contributed by atoms with Crippen LogP contribution in [0.3, 0.4) is 0 Å². The first-order chi connectivity index (χ1) is 7.15. The van der Waals surface area contributed by atoms with E-state index in [9.17, 15) is 5.11 Å². The lowest BCUT2D eigenvalue weighted by Gasteiger charge is -2.30. The van der Waals surface area contributed by atoms with Gasteiger partial charge in [0.2, 0.25) is 5.95 Å². The van der Waals surface area contributed by atoms with E-state index in [1.54, 1.807) is 6.07 Å². The van der Waals surface area contributed by atoms with Crippen molar-refractivity contribution in [2.75, 3.05) is 18.0 Å². The Morgan fingerprint density at radius 3 is 3.00 bits per heavy atom. The van der Waals surface area contributed by atoms with E-state index >= 15 is 0 Å². The van der Waals surface area contributed by atoms with Gasteiger partial charge in [-0.25, -0.2) is 9.97 Å². The van der Waals surface area contributed by atoms with Crippen LogP contribution in [0.5, 0.6) is 0 Å². The quantitative estimate of drug-likeness (QED) is 0.737. The molecule has 1 N–H and O–H groups in total. The number of aryl methyl sites for hydroxylation is 1. The third-order valence-electron chi connectivity index (χ3n) is 2.49. The molecule has 4 nitrogen and oxygen atoms in total. The van der Waals surface area contributed by atoms with Crippen molar-refractivity contribution >= 4 is 17.5 Å². The number of aliphatic hydroxyl groups excluding tert-OH is 1. The molecule has 5 heteroatoms. The monoisotopic (exact) mass is 227 g/mol. The van der Waals surface area contributed by atoms with Gasteiger partial charge >= 0.3 is 0 Å². The van der Waals surface area contributed by atoms with Crippen LogP contribution in [0.25, 0.3) is 0 Å². The molecule has 1 atom stereocenters. The Labute approximate surface area is 93.9 Å². The average Bonchev–Trinajstić information content (AvgIpc) is 2.16. The van der Waals surface area contributed by atoms with E-state index in [-0.39, 0.29) is 6.10 Å². The maximum absolute atomic E-state index is 9.55. The highest BCUT2D eigenvalue weighted by atomic mass is 35.5. The highest BCUT2D eigenvalue weighted by molar-refractivity contribution is 6.29. The van der Waals surface area contributed by atoms with E-state index in [1.165, 1.54) is 0 Å². The first-order valence-corrected chi connectivity index (χ1v) is 5.47. The minimum absolute atomic E-state index is 0.276. The second-order valence-electron chi connectivity index (χ2n) is 3.87. The zero-order chi connectivity index (χ0) is 10.8. The van der Waals surface area contributed by atoms with Crippen molar-refractivity contribution in [2.45, 2.75) is 25.9 Å². The molecule has 0 aromatic carbocycles. The fraction of sp³-hybridized carbons (Fsp3) is 0.600. The molecule has 0 saturated carbocycles. The summed E-state index contributed by atoms with van der Waals surface area (Å²) in [5.74, 6) is 0.624. The molecule has 15 heavy (non-hydrogen) atoms. The Morgan fingerprint density at radius 1 is 1.53 bits per heavy atom. The number of rotatable bonds is 1. The van der Waals surface area contributed by atoms with Crippen LogP contribution in [0.4, 0.5) is 5.95 Å². The Balaban J connectivity index is 2.20. The van der Waals surface area contributed by atoms with Crippen molar-refractivity contribution in [3.63, 3.8) is 0 Å². The second kappa shape index (κ2) is 4.33. The van der Waals surface area contributed by atoms with Gasteiger partial charge in [-0.3, -0.25) is 0 Å². The lowest BCUT2D eigenvalue weighted by molar-refractivity contribution is 0.153. The van der Waals surface area contributed by atoms with E-state index in [2.05, 4.69) is 9.97 Å². The minimum atomic E-state index is -0.276. The van der Waals surface area contributed by atoms with E-state index in [1.807, 2.05) is 11.8 Å². The molecular weight excluding hydrogens is 214 g/mol. The van der Waals surface area contributed by atoms with E-state index in [4.69, 9.17) is 11.6 Å². The van der Waals surface area contributed by atoms with Gasteiger partial charge in [0, 0.05) is 18.8 Å². The Hall–Kier alpha value is -0.870. The van der Waals surface area contributed by atoms with Crippen molar-refractivity contribution in [3.05, 3.63) is 16.9 Å². The predicted molar refractivity (Wildman–Crippen MR) is 59.2 cm³/mol. The molecule has 2 heterocycles. The summed E-state index contributed by atoms with van der Waals surface area (Å²) in [4.78, 5) is 10.5. The highest BCUT2D eigenvalue weighted by Crippen LogP contribution is 2.18. The maximum Gasteiger partial charge on any atom is 0.227 e. The summed E-state index contributed by atoms with van der Waals surface area (Å²) >= 11 is 5.87. The third kappa shape index (κ3) is 2.58. The molecule has 1 fully saturated rings. The summed E-state index contributed by atoms with van der Waals surface area (Å²) in [5.41, 5.74) is 0.852. The molecule has 0 radical (unpaired) electrons. The van der Waals surface area contributed by atoms with Crippen LogP contribution in [0.2, 0.25) is 5.15 Å². The molecule has 82 valence electrons. The number of nitrogens with zero attached hydrogens (tertiary/aromatic N) is 3. The summed E-state index contributed by atoms with van der Waals surface area (Å²) in [6.45, 7) is 3.37. The van der Waals surface area contributed by atoms with Crippen molar-refractivity contribution in [1.82, 2.24) is 9.97 Å². The molecule has 2 rings (SSSR count). The van der Waals surface area contributed by atoms with Crippen LogP contribution < -0.4 is 4.90 Å². The first kappa shape index (κ1) is 10.6.